The summed E-state index contributed by atoms with van der Waals surface area (Å²) in [5.74, 6) is -1.09. The van der Waals surface area contributed by atoms with E-state index in [0.717, 1.165) is 0 Å². The molecule has 5 nitrogen and oxygen atoms in total. The van der Waals surface area contributed by atoms with E-state index in [9.17, 15) is 9.59 Å². The summed E-state index contributed by atoms with van der Waals surface area (Å²) in [6, 6.07) is -0.970. The first-order chi connectivity index (χ1) is 7.11. The second kappa shape index (κ2) is 5.98. The molecule has 0 bridgehead atoms. The molecule has 0 aliphatic heterocycles. The monoisotopic (exact) mass is 249 g/mol. The van der Waals surface area contributed by atoms with E-state index in [2.05, 4.69) is 17.9 Å². The summed E-state index contributed by atoms with van der Waals surface area (Å²) in [4.78, 5) is 22.2. The maximum Gasteiger partial charge on any atom is 0.408 e. The van der Waals surface area contributed by atoms with Crippen LogP contribution in [0.15, 0.2) is 0 Å². The highest BCUT2D eigenvalue weighted by Gasteiger charge is 2.24. The van der Waals surface area contributed by atoms with Crippen molar-refractivity contribution in [3.8, 4) is 0 Å². The molecule has 1 unspecified atom stereocenters. The predicted molar refractivity (Wildman–Crippen MR) is 63.9 cm³/mol. The molecule has 0 aromatic rings. The summed E-state index contributed by atoms with van der Waals surface area (Å²) < 4.78 is 4.96. The molecular formula is C10H19NO4S. The zero-order valence-electron chi connectivity index (χ0n) is 9.98. The van der Waals surface area contributed by atoms with Crippen LogP contribution in [0, 0.1) is 0 Å². The minimum Gasteiger partial charge on any atom is -0.480 e. The van der Waals surface area contributed by atoms with Crippen LogP contribution in [-0.2, 0) is 9.53 Å². The normalized spacial score (nSPS) is 15.1. The molecule has 0 aliphatic rings. The van der Waals surface area contributed by atoms with Crippen LogP contribution in [0.25, 0.3) is 0 Å². The van der Waals surface area contributed by atoms with Crippen LogP contribution in [-0.4, -0.2) is 34.1 Å². The standard InChI is InChI=1S/C10H19NO4S/c1-6(16)5-7(8(12)13)11-9(14)15-10(2,3)4/h6-7,16H,5H2,1-4H3,(H,11,14)(H,12,13)/t6?,7-/m0/s1. The summed E-state index contributed by atoms with van der Waals surface area (Å²) >= 11 is 4.09. The van der Waals surface area contributed by atoms with Gasteiger partial charge in [-0.05, 0) is 27.2 Å². The Labute approximate surface area is 101 Å². The summed E-state index contributed by atoms with van der Waals surface area (Å²) in [5.41, 5.74) is -0.639. The van der Waals surface area contributed by atoms with Gasteiger partial charge in [0.1, 0.15) is 11.6 Å². The van der Waals surface area contributed by atoms with Crippen molar-refractivity contribution in [3.05, 3.63) is 0 Å². The van der Waals surface area contributed by atoms with Crippen molar-refractivity contribution in [2.75, 3.05) is 0 Å². The van der Waals surface area contributed by atoms with Gasteiger partial charge in [-0.3, -0.25) is 0 Å². The highest BCUT2D eigenvalue weighted by atomic mass is 32.1. The van der Waals surface area contributed by atoms with Crippen LogP contribution in [0.4, 0.5) is 4.79 Å². The summed E-state index contributed by atoms with van der Waals surface area (Å²) in [6.45, 7) is 6.90. The molecule has 6 heteroatoms. The average molecular weight is 249 g/mol. The second-order valence-electron chi connectivity index (χ2n) is 4.62. The van der Waals surface area contributed by atoms with Gasteiger partial charge in [0.15, 0.2) is 0 Å². The lowest BCUT2D eigenvalue weighted by atomic mass is 10.1. The third-order valence-corrected chi connectivity index (χ3v) is 1.78. The van der Waals surface area contributed by atoms with Crippen LogP contribution in [0.3, 0.4) is 0 Å². The molecule has 0 saturated carbocycles. The van der Waals surface area contributed by atoms with Gasteiger partial charge in [-0.25, -0.2) is 9.59 Å². The molecule has 2 N–H and O–H groups in total. The number of carboxylic acids is 1. The molecule has 0 spiro atoms. The van der Waals surface area contributed by atoms with Crippen molar-refractivity contribution in [2.45, 2.75) is 51.0 Å². The fourth-order valence-corrected chi connectivity index (χ4v) is 1.22. The SMILES string of the molecule is CC(S)C[C@H](NC(=O)OC(C)(C)C)C(=O)O. The number of hydrogen-bond acceptors (Lipinski definition) is 4. The van der Waals surface area contributed by atoms with Crippen molar-refractivity contribution < 1.29 is 19.4 Å². The number of aliphatic carboxylic acids is 1. The van der Waals surface area contributed by atoms with Gasteiger partial charge in [-0.15, -0.1) is 0 Å². The lowest BCUT2D eigenvalue weighted by Gasteiger charge is -2.22. The molecule has 16 heavy (non-hydrogen) atoms. The fraction of sp³-hybridized carbons (Fsp3) is 0.800. The minimum absolute atomic E-state index is 0.115. The highest BCUT2D eigenvalue weighted by molar-refractivity contribution is 7.80. The fourth-order valence-electron chi connectivity index (χ4n) is 1.01. The highest BCUT2D eigenvalue weighted by Crippen LogP contribution is 2.09. The Morgan fingerprint density at radius 2 is 1.94 bits per heavy atom. The lowest BCUT2D eigenvalue weighted by Crippen LogP contribution is -2.44. The second-order valence-corrected chi connectivity index (χ2v) is 5.50. The van der Waals surface area contributed by atoms with Crippen LogP contribution >= 0.6 is 12.6 Å². The summed E-state index contributed by atoms with van der Waals surface area (Å²) in [6.07, 6.45) is -0.480. The maximum absolute atomic E-state index is 11.3. The van der Waals surface area contributed by atoms with Crippen molar-refractivity contribution in [2.24, 2.45) is 0 Å². The smallest absolute Gasteiger partial charge is 0.408 e. The van der Waals surface area contributed by atoms with Crippen molar-refractivity contribution in [3.63, 3.8) is 0 Å². The number of thiol groups is 1. The Hall–Kier alpha value is -0.910. The zero-order chi connectivity index (χ0) is 12.9. The molecule has 0 aliphatic carbocycles. The van der Waals surface area contributed by atoms with Gasteiger partial charge in [0.05, 0.1) is 0 Å². The Bertz CT molecular complexity index is 260. The molecule has 2 atom stereocenters. The van der Waals surface area contributed by atoms with Gasteiger partial charge < -0.3 is 15.2 Å². The first-order valence-electron chi connectivity index (χ1n) is 5.02. The molecule has 94 valence electrons. The van der Waals surface area contributed by atoms with E-state index >= 15 is 0 Å². The number of carboxylic acid groups (broad SMARTS) is 1. The van der Waals surface area contributed by atoms with Crippen LogP contribution in [0.1, 0.15) is 34.1 Å². The van der Waals surface area contributed by atoms with Crippen molar-refractivity contribution in [1.82, 2.24) is 5.32 Å². The lowest BCUT2D eigenvalue weighted by molar-refractivity contribution is -0.139. The number of carbonyl (C=O) groups is 2. The molecule has 1 amide bonds. The van der Waals surface area contributed by atoms with E-state index < -0.39 is 23.7 Å². The molecule has 0 radical (unpaired) electrons. The quantitative estimate of drug-likeness (QED) is 0.662. The van der Waals surface area contributed by atoms with E-state index in [0.29, 0.717) is 0 Å². The predicted octanol–water partition coefficient (Wildman–Crippen LogP) is 1.67. The Morgan fingerprint density at radius 1 is 1.44 bits per heavy atom. The van der Waals surface area contributed by atoms with Gasteiger partial charge in [-0.2, -0.15) is 12.6 Å². The largest absolute Gasteiger partial charge is 0.480 e. The van der Waals surface area contributed by atoms with Gasteiger partial charge in [0.25, 0.3) is 0 Å². The molecule has 0 heterocycles. The van der Waals surface area contributed by atoms with Gasteiger partial charge in [0.2, 0.25) is 0 Å². The van der Waals surface area contributed by atoms with Gasteiger partial charge >= 0.3 is 12.1 Å². The number of nitrogens with one attached hydrogen (secondary N) is 1. The Morgan fingerprint density at radius 3 is 2.25 bits per heavy atom. The van der Waals surface area contributed by atoms with E-state index in [1.165, 1.54) is 0 Å². The zero-order valence-corrected chi connectivity index (χ0v) is 10.9. The topological polar surface area (TPSA) is 75.6 Å². The molecule has 0 saturated heterocycles. The van der Waals surface area contributed by atoms with Gasteiger partial charge in [-0.1, -0.05) is 6.92 Å². The van der Waals surface area contributed by atoms with Crippen LogP contribution in [0.5, 0.6) is 0 Å². The number of rotatable bonds is 4. The van der Waals surface area contributed by atoms with Crippen molar-refractivity contribution in [1.29, 1.82) is 0 Å². The molecule has 0 fully saturated rings. The number of amides is 1. The Balaban J connectivity index is 4.30. The summed E-state index contributed by atoms with van der Waals surface area (Å²) in [7, 11) is 0. The number of alkyl carbamates (subject to hydrolysis) is 1. The third-order valence-electron chi connectivity index (χ3n) is 1.57. The van der Waals surface area contributed by atoms with E-state index in [1.54, 1.807) is 27.7 Å². The summed E-state index contributed by atoms with van der Waals surface area (Å²) in [5, 5.41) is 11.0. The molecular weight excluding hydrogens is 230 g/mol. The van der Waals surface area contributed by atoms with Crippen LogP contribution < -0.4 is 5.32 Å². The molecule has 0 rings (SSSR count). The first kappa shape index (κ1) is 15.1. The average Bonchev–Trinajstić information content (AvgIpc) is 1.97. The maximum atomic E-state index is 11.3. The van der Waals surface area contributed by atoms with E-state index in [4.69, 9.17) is 9.84 Å². The van der Waals surface area contributed by atoms with Crippen LogP contribution in [0.2, 0.25) is 0 Å². The number of hydrogen-bond donors (Lipinski definition) is 3. The van der Waals surface area contributed by atoms with Crippen molar-refractivity contribution >= 4 is 24.7 Å². The number of carbonyl (C=O) groups excluding carboxylic acids is 1. The molecule has 0 aromatic heterocycles. The van der Waals surface area contributed by atoms with Gasteiger partial charge in [0, 0.05) is 5.25 Å². The minimum atomic E-state index is -1.09. The Kier molecular flexibility index (Phi) is 5.64. The third kappa shape index (κ3) is 7.39. The number of ether oxygens (including phenoxy) is 1. The molecule has 0 aromatic carbocycles. The first-order valence-corrected chi connectivity index (χ1v) is 5.54. The van der Waals surface area contributed by atoms with E-state index in [-0.39, 0.29) is 11.7 Å². The van der Waals surface area contributed by atoms with E-state index in [1.807, 2.05) is 0 Å².